The monoisotopic (exact) mass is 399 g/mol. The molecule has 0 saturated carbocycles. The van der Waals surface area contributed by atoms with Crippen LogP contribution < -0.4 is 10.2 Å². The van der Waals surface area contributed by atoms with Gasteiger partial charge in [0.15, 0.2) is 11.5 Å². The molecule has 1 saturated heterocycles. The highest BCUT2D eigenvalue weighted by molar-refractivity contribution is 6.00. The molecule has 0 unspecified atom stereocenters. The van der Waals surface area contributed by atoms with E-state index in [0.717, 1.165) is 11.8 Å². The predicted molar refractivity (Wildman–Crippen MR) is 101 cm³/mol. The average molecular weight is 399 g/mol. The number of nitrogens with zero attached hydrogens (tertiary/aromatic N) is 4. The van der Waals surface area contributed by atoms with Crippen molar-refractivity contribution in [2.75, 3.05) is 16.8 Å². The quantitative estimate of drug-likeness (QED) is 0.723. The lowest BCUT2D eigenvalue weighted by Gasteiger charge is -2.18. The number of anilines is 2. The van der Waals surface area contributed by atoms with Crippen molar-refractivity contribution in [1.82, 2.24) is 15.0 Å². The SMILES string of the molecule is O=C1[C@@H](Nc2cc(C(F)(F)F)nc(-c3ccccn3)n2)CCN1c1ccccc1. The second kappa shape index (κ2) is 7.50. The Morgan fingerprint density at radius 2 is 1.79 bits per heavy atom. The first kappa shape index (κ1) is 18.9. The molecule has 3 aromatic rings. The summed E-state index contributed by atoms with van der Waals surface area (Å²) in [6, 6.07) is 14.1. The second-order valence-corrected chi connectivity index (χ2v) is 6.49. The van der Waals surface area contributed by atoms with Gasteiger partial charge in [-0.2, -0.15) is 13.2 Å². The van der Waals surface area contributed by atoms with E-state index < -0.39 is 17.9 Å². The van der Waals surface area contributed by atoms with Crippen molar-refractivity contribution in [3.63, 3.8) is 0 Å². The van der Waals surface area contributed by atoms with Crippen LogP contribution in [0.2, 0.25) is 0 Å². The summed E-state index contributed by atoms with van der Waals surface area (Å²) in [7, 11) is 0. The van der Waals surface area contributed by atoms with Crippen LogP contribution in [0, 0.1) is 0 Å². The molecule has 1 aromatic carbocycles. The molecule has 0 radical (unpaired) electrons. The lowest BCUT2D eigenvalue weighted by molar-refractivity contribution is -0.141. The number of hydrogen-bond donors (Lipinski definition) is 1. The minimum atomic E-state index is -4.65. The first-order valence-corrected chi connectivity index (χ1v) is 8.92. The van der Waals surface area contributed by atoms with E-state index in [2.05, 4.69) is 20.3 Å². The van der Waals surface area contributed by atoms with E-state index in [9.17, 15) is 18.0 Å². The van der Waals surface area contributed by atoms with Crippen molar-refractivity contribution >= 4 is 17.4 Å². The van der Waals surface area contributed by atoms with Crippen molar-refractivity contribution in [3.05, 3.63) is 66.5 Å². The van der Waals surface area contributed by atoms with Crippen LogP contribution in [0.15, 0.2) is 60.8 Å². The molecule has 4 rings (SSSR count). The molecule has 6 nitrogen and oxygen atoms in total. The summed E-state index contributed by atoms with van der Waals surface area (Å²) in [5, 5.41) is 2.84. The highest BCUT2D eigenvalue weighted by Gasteiger charge is 2.36. The number of hydrogen-bond acceptors (Lipinski definition) is 5. The molecule has 2 aromatic heterocycles. The van der Waals surface area contributed by atoms with Gasteiger partial charge in [-0.05, 0) is 30.7 Å². The Labute approximate surface area is 164 Å². The van der Waals surface area contributed by atoms with E-state index in [1.807, 2.05) is 30.3 Å². The number of carbonyl (C=O) groups is 1. The third-order valence-electron chi connectivity index (χ3n) is 4.51. The van der Waals surface area contributed by atoms with Gasteiger partial charge in [-0.25, -0.2) is 9.97 Å². The number of benzene rings is 1. The van der Waals surface area contributed by atoms with Crippen LogP contribution in [0.3, 0.4) is 0 Å². The van der Waals surface area contributed by atoms with Crippen LogP contribution in [0.25, 0.3) is 11.5 Å². The Hall–Kier alpha value is -3.49. The Kier molecular flexibility index (Phi) is 4.87. The van der Waals surface area contributed by atoms with Crippen molar-refractivity contribution in [3.8, 4) is 11.5 Å². The number of rotatable bonds is 4. The molecule has 148 valence electrons. The Bertz CT molecular complexity index is 1010. The van der Waals surface area contributed by atoms with Crippen molar-refractivity contribution in [2.45, 2.75) is 18.6 Å². The zero-order valence-electron chi connectivity index (χ0n) is 15.1. The maximum Gasteiger partial charge on any atom is 0.433 e. The molecule has 0 spiro atoms. The van der Waals surface area contributed by atoms with E-state index in [1.165, 1.54) is 12.3 Å². The fourth-order valence-corrected chi connectivity index (χ4v) is 3.13. The van der Waals surface area contributed by atoms with Gasteiger partial charge < -0.3 is 10.2 Å². The number of carbonyl (C=O) groups excluding carboxylic acids is 1. The highest BCUT2D eigenvalue weighted by atomic mass is 19.4. The minimum Gasteiger partial charge on any atom is -0.358 e. The second-order valence-electron chi connectivity index (χ2n) is 6.49. The van der Waals surface area contributed by atoms with Gasteiger partial charge in [0.05, 0.1) is 0 Å². The van der Waals surface area contributed by atoms with Gasteiger partial charge in [0.1, 0.15) is 17.6 Å². The van der Waals surface area contributed by atoms with Gasteiger partial charge in [-0.3, -0.25) is 9.78 Å². The summed E-state index contributed by atoms with van der Waals surface area (Å²) in [5.74, 6) is -0.447. The Morgan fingerprint density at radius 1 is 1.03 bits per heavy atom. The van der Waals surface area contributed by atoms with E-state index in [-0.39, 0.29) is 23.2 Å². The average Bonchev–Trinajstić information content (AvgIpc) is 3.08. The normalized spacial score (nSPS) is 16.9. The number of amides is 1. The van der Waals surface area contributed by atoms with Crippen LogP contribution in [0.4, 0.5) is 24.7 Å². The summed E-state index contributed by atoms with van der Waals surface area (Å²) in [4.78, 5) is 26.1. The first-order valence-electron chi connectivity index (χ1n) is 8.92. The molecule has 0 bridgehead atoms. The van der Waals surface area contributed by atoms with Crippen LogP contribution in [0.5, 0.6) is 0 Å². The molecule has 1 aliphatic heterocycles. The number of halogens is 3. The smallest absolute Gasteiger partial charge is 0.358 e. The molecular formula is C20H16F3N5O. The van der Waals surface area contributed by atoms with Crippen LogP contribution in [-0.2, 0) is 11.0 Å². The third kappa shape index (κ3) is 4.03. The standard InChI is InChI=1S/C20H16F3N5O/c21-20(22,23)16-12-17(27-18(26-16)14-8-4-5-10-24-14)25-15-9-11-28(19(15)29)13-6-2-1-3-7-13/h1-8,10,12,15H,9,11H2,(H,25,26,27)/t15-/m0/s1. The molecule has 1 amide bonds. The minimum absolute atomic E-state index is 0.0683. The zero-order valence-corrected chi connectivity index (χ0v) is 15.1. The summed E-state index contributed by atoms with van der Waals surface area (Å²) in [6.07, 6.45) is -2.76. The van der Waals surface area contributed by atoms with Crippen LogP contribution >= 0.6 is 0 Å². The zero-order chi connectivity index (χ0) is 20.4. The lowest BCUT2D eigenvalue weighted by atomic mass is 10.2. The number of pyridine rings is 1. The van der Waals surface area contributed by atoms with E-state index in [0.29, 0.717) is 13.0 Å². The van der Waals surface area contributed by atoms with Gasteiger partial charge in [-0.1, -0.05) is 24.3 Å². The molecule has 3 heterocycles. The maximum absolute atomic E-state index is 13.3. The Balaban J connectivity index is 1.62. The summed E-state index contributed by atoms with van der Waals surface area (Å²) in [6.45, 7) is 0.463. The Morgan fingerprint density at radius 3 is 2.48 bits per heavy atom. The molecule has 0 aliphatic carbocycles. The van der Waals surface area contributed by atoms with E-state index in [1.54, 1.807) is 17.0 Å². The van der Waals surface area contributed by atoms with Gasteiger partial charge in [0, 0.05) is 24.5 Å². The fourth-order valence-electron chi connectivity index (χ4n) is 3.13. The third-order valence-corrected chi connectivity index (χ3v) is 4.51. The first-order chi connectivity index (χ1) is 13.9. The van der Waals surface area contributed by atoms with Crippen molar-refractivity contribution in [1.29, 1.82) is 0 Å². The van der Waals surface area contributed by atoms with Gasteiger partial charge in [-0.15, -0.1) is 0 Å². The van der Waals surface area contributed by atoms with Gasteiger partial charge in [0.2, 0.25) is 5.91 Å². The van der Waals surface area contributed by atoms with Gasteiger partial charge >= 0.3 is 6.18 Å². The summed E-state index contributed by atoms with van der Waals surface area (Å²) in [5.41, 5.74) is -0.138. The summed E-state index contributed by atoms with van der Waals surface area (Å²) >= 11 is 0. The van der Waals surface area contributed by atoms with Crippen LogP contribution in [-0.4, -0.2) is 33.4 Å². The number of para-hydroxylation sites is 1. The molecule has 1 aliphatic rings. The molecule has 1 atom stereocenters. The van der Waals surface area contributed by atoms with Crippen molar-refractivity contribution in [2.24, 2.45) is 0 Å². The van der Waals surface area contributed by atoms with E-state index >= 15 is 0 Å². The molecular weight excluding hydrogens is 383 g/mol. The predicted octanol–water partition coefficient (Wildman–Crippen LogP) is 3.77. The highest BCUT2D eigenvalue weighted by Crippen LogP contribution is 2.31. The van der Waals surface area contributed by atoms with Crippen molar-refractivity contribution < 1.29 is 18.0 Å². The lowest BCUT2D eigenvalue weighted by Crippen LogP contribution is -2.33. The van der Waals surface area contributed by atoms with Gasteiger partial charge in [0.25, 0.3) is 0 Å². The molecule has 1 fully saturated rings. The van der Waals surface area contributed by atoms with E-state index in [4.69, 9.17) is 0 Å². The maximum atomic E-state index is 13.3. The number of aromatic nitrogens is 3. The largest absolute Gasteiger partial charge is 0.433 e. The number of nitrogens with one attached hydrogen (secondary N) is 1. The molecule has 29 heavy (non-hydrogen) atoms. The molecule has 9 heteroatoms. The molecule has 1 N–H and O–H groups in total. The fraction of sp³-hybridized carbons (Fsp3) is 0.200. The van der Waals surface area contributed by atoms with Crippen LogP contribution in [0.1, 0.15) is 12.1 Å². The summed E-state index contributed by atoms with van der Waals surface area (Å²) < 4.78 is 40.0. The topological polar surface area (TPSA) is 71.0 Å². The number of alkyl halides is 3.